The maximum absolute atomic E-state index is 13.6. The standard InChI is InChI=1S/C26H34ClN3O4S/c1-18-8-7-11-24(19(18)2)30(35(4,33)34)17-25(31)29(16-21-12-14-22(27)15-13-21)20(3)26(32)28-23-9-5-6-10-23/h7-8,11-15,20,23H,5-6,9-10,16-17H2,1-4H3,(H,28,32). The number of halogens is 1. The van der Waals surface area contributed by atoms with Gasteiger partial charge in [-0.2, -0.15) is 0 Å². The third-order valence-electron chi connectivity index (χ3n) is 6.66. The van der Waals surface area contributed by atoms with Crippen LogP contribution >= 0.6 is 11.6 Å². The van der Waals surface area contributed by atoms with Gasteiger partial charge in [0.15, 0.2) is 0 Å². The van der Waals surface area contributed by atoms with Crippen LogP contribution in [0.3, 0.4) is 0 Å². The Balaban J connectivity index is 1.90. The first kappa shape index (κ1) is 27.0. The van der Waals surface area contributed by atoms with E-state index >= 15 is 0 Å². The van der Waals surface area contributed by atoms with Gasteiger partial charge in [-0.05, 0) is 68.5 Å². The Morgan fingerprint density at radius 1 is 1.09 bits per heavy atom. The summed E-state index contributed by atoms with van der Waals surface area (Å²) < 4.78 is 26.6. The molecule has 0 spiro atoms. The van der Waals surface area contributed by atoms with E-state index in [2.05, 4.69) is 5.32 Å². The molecule has 0 bridgehead atoms. The van der Waals surface area contributed by atoms with E-state index in [1.807, 2.05) is 19.9 Å². The van der Waals surface area contributed by atoms with Crippen molar-refractivity contribution in [2.24, 2.45) is 0 Å². The fourth-order valence-electron chi connectivity index (χ4n) is 4.36. The molecule has 35 heavy (non-hydrogen) atoms. The Labute approximate surface area is 213 Å². The number of anilines is 1. The number of nitrogens with one attached hydrogen (secondary N) is 1. The second-order valence-electron chi connectivity index (χ2n) is 9.30. The third kappa shape index (κ3) is 6.98. The van der Waals surface area contributed by atoms with Crippen LogP contribution in [0.5, 0.6) is 0 Å². The van der Waals surface area contributed by atoms with E-state index < -0.39 is 28.5 Å². The molecule has 0 saturated heterocycles. The highest BCUT2D eigenvalue weighted by atomic mass is 35.5. The SMILES string of the molecule is Cc1cccc(N(CC(=O)N(Cc2ccc(Cl)cc2)C(C)C(=O)NC2CCCC2)S(C)(=O)=O)c1C. The molecule has 0 aliphatic heterocycles. The lowest BCUT2D eigenvalue weighted by Crippen LogP contribution is -2.52. The zero-order chi connectivity index (χ0) is 25.8. The van der Waals surface area contributed by atoms with Gasteiger partial charge in [0.2, 0.25) is 21.8 Å². The minimum Gasteiger partial charge on any atom is -0.352 e. The van der Waals surface area contributed by atoms with Gasteiger partial charge in [0.05, 0.1) is 11.9 Å². The molecule has 1 saturated carbocycles. The first-order valence-corrected chi connectivity index (χ1v) is 14.1. The molecule has 1 unspecified atom stereocenters. The lowest BCUT2D eigenvalue weighted by molar-refractivity contribution is -0.139. The lowest BCUT2D eigenvalue weighted by atomic mass is 10.1. The second-order valence-corrected chi connectivity index (χ2v) is 11.6. The van der Waals surface area contributed by atoms with E-state index in [0.29, 0.717) is 10.7 Å². The highest BCUT2D eigenvalue weighted by Gasteiger charge is 2.31. The van der Waals surface area contributed by atoms with Gasteiger partial charge in [-0.15, -0.1) is 0 Å². The number of amides is 2. The summed E-state index contributed by atoms with van der Waals surface area (Å²) in [5, 5.41) is 3.62. The van der Waals surface area contributed by atoms with Gasteiger partial charge >= 0.3 is 0 Å². The van der Waals surface area contributed by atoms with Crippen LogP contribution in [0.4, 0.5) is 5.69 Å². The van der Waals surface area contributed by atoms with Gasteiger partial charge in [-0.3, -0.25) is 13.9 Å². The largest absolute Gasteiger partial charge is 0.352 e. The smallest absolute Gasteiger partial charge is 0.244 e. The lowest BCUT2D eigenvalue weighted by Gasteiger charge is -2.32. The second kappa shape index (κ2) is 11.4. The summed E-state index contributed by atoms with van der Waals surface area (Å²) in [7, 11) is -3.76. The number of carbonyl (C=O) groups excluding carboxylic acids is 2. The number of aryl methyl sites for hydroxylation is 1. The van der Waals surface area contributed by atoms with Crippen LogP contribution in [0.1, 0.15) is 49.3 Å². The summed E-state index contributed by atoms with van der Waals surface area (Å²) >= 11 is 6.02. The third-order valence-corrected chi connectivity index (χ3v) is 8.04. The maximum atomic E-state index is 13.6. The zero-order valence-corrected chi connectivity index (χ0v) is 22.3. The minimum absolute atomic E-state index is 0.111. The Morgan fingerprint density at radius 2 is 1.71 bits per heavy atom. The molecule has 1 atom stereocenters. The van der Waals surface area contributed by atoms with Crippen LogP contribution in [0, 0.1) is 13.8 Å². The first-order valence-electron chi connectivity index (χ1n) is 11.9. The van der Waals surface area contributed by atoms with Crippen molar-refractivity contribution in [1.82, 2.24) is 10.2 Å². The minimum atomic E-state index is -3.76. The molecule has 7 nitrogen and oxygen atoms in total. The molecular formula is C26H34ClN3O4S. The van der Waals surface area contributed by atoms with Crippen LogP contribution in [0.25, 0.3) is 0 Å². The summed E-state index contributed by atoms with van der Waals surface area (Å²) in [6, 6.07) is 11.7. The fourth-order valence-corrected chi connectivity index (χ4v) is 5.39. The summed E-state index contributed by atoms with van der Waals surface area (Å²) in [6.45, 7) is 5.15. The van der Waals surface area contributed by atoms with E-state index in [-0.39, 0.29) is 18.5 Å². The van der Waals surface area contributed by atoms with Gasteiger partial charge in [-0.1, -0.05) is 48.7 Å². The molecule has 190 valence electrons. The number of nitrogens with zero attached hydrogens (tertiary/aromatic N) is 2. The molecule has 3 rings (SSSR count). The van der Waals surface area contributed by atoms with E-state index in [4.69, 9.17) is 11.6 Å². The molecule has 0 aromatic heterocycles. The van der Waals surface area contributed by atoms with Crippen LogP contribution < -0.4 is 9.62 Å². The molecule has 2 amide bonds. The molecular weight excluding hydrogens is 486 g/mol. The first-order chi connectivity index (χ1) is 16.5. The molecule has 0 heterocycles. The zero-order valence-electron chi connectivity index (χ0n) is 20.8. The van der Waals surface area contributed by atoms with Crippen LogP contribution in [0.2, 0.25) is 5.02 Å². The van der Waals surface area contributed by atoms with Crippen molar-refractivity contribution in [3.05, 3.63) is 64.2 Å². The van der Waals surface area contributed by atoms with Crippen molar-refractivity contribution in [1.29, 1.82) is 0 Å². The molecule has 2 aromatic rings. The van der Waals surface area contributed by atoms with Gasteiger partial charge < -0.3 is 10.2 Å². The number of hydrogen-bond donors (Lipinski definition) is 1. The topological polar surface area (TPSA) is 86.8 Å². The van der Waals surface area contributed by atoms with Gasteiger partial charge in [-0.25, -0.2) is 8.42 Å². The predicted molar refractivity (Wildman–Crippen MR) is 140 cm³/mol. The van der Waals surface area contributed by atoms with Crippen LogP contribution in [0.15, 0.2) is 42.5 Å². The van der Waals surface area contributed by atoms with Crippen molar-refractivity contribution >= 4 is 39.1 Å². The number of sulfonamides is 1. The Hall–Kier alpha value is -2.58. The molecule has 1 N–H and O–H groups in total. The quantitative estimate of drug-likeness (QED) is 0.538. The molecule has 1 aliphatic rings. The van der Waals surface area contributed by atoms with Gasteiger partial charge in [0, 0.05) is 17.6 Å². The van der Waals surface area contributed by atoms with E-state index in [1.54, 1.807) is 43.3 Å². The Morgan fingerprint density at radius 3 is 2.31 bits per heavy atom. The number of carbonyl (C=O) groups is 2. The summed E-state index contributed by atoms with van der Waals surface area (Å²) in [6.07, 6.45) is 5.09. The normalized spacial score (nSPS) is 15.0. The van der Waals surface area contributed by atoms with Crippen molar-refractivity contribution in [2.45, 2.75) is 65.1 Å². The van der Waals surface area contributed by atoms with E-state index in [0.717, 1.165) is 52.9 Å². The predicted octanol–water partition coefficient (Wildman–Crippen LogP) is 4.20. The molecule has 9 heteroatoms. The maximum Gasteiger partial charge on any atom is 0.244 e. The van der Waals surface area contributed by atoms with E-state index in [1.165, 1.54) is 4.90 Å². The van der Waals surface area contributed by atoms with Crippen molar-refractivity contribution in [3.63, 3.8) is 0 Å². The number of hydrogen-bond acceptors (Lipinski definition) is 4. The van der Waals surface area contributed by atoms with Crippen molar-refractivity contribution in [3.8, 4) is 0 Å². The van der Waals surface area contributed by atoms with Gasteiger partial charge in [0.25, 0.3) is 0 Å². The number of rotatable bonds is 9. The molecule has 2 aromatic carbocycles. The Kier molecular flexibility index (Phi) is 8.83. The van der Waals surface area contributed by atoms with Crippen molar-refractivity contribution < 1.29 is 18.0 Å². The highest BCUT2D eigenvalue weighted by molar-refractivity contribution is 7.92. The van der Waals surface area contributed by atoms with Gasteiger partial charge in [0.1, 0.15) is 12.6 Å². The molecule has 0 radical (unpaired) electrons. The number of benzene rings is 2. The summed E-state index contributed by atoms with van der Waals surface area (Å²) in [4.78, 5) is 28.2. The fraction of sp³-hybridized carbons (Fsp3) is 0.462. The average Bonchev–Trinajstić information content (AvgIpc) is 3.31. The van der Waals surface area contributed by atoms with E-state index in [9.17, 15) is 18.0 Å². The Bertz CT molecular complexity index is 1160. The van der Waals surface area contributed by atoms with Crippen LogP contribution in [-0.4, -0.2) is 50.0 Å². The summed E-state index contributed by atoms with van der Waals surface area (Å²) in [5.41, 5.74) is 2.95. The summed E-state index contributed by atoms with van der Waals surface area (Å²) in [5.74, 6) is -0.697. The molecule has 1 aliphatic carbocycles. The average molecular weight is 520 g/mol. The molecule has 1 fully saturated rings. The van der Waals surface area contributed by atoms with Crippen molar-refractivity contribution in [2.75, 3.05) is 17.1 Å². The highest BCUT2D eigenvalue weighted by Crippen LogP contribution is 2.26. The van der Waals surface area contributed by atoms with Crippen LogP contribution in [-0.2, 0) is 26.2 Å². The monoisotopic (exact) mass is 519 g/mol.